The number of anilines is 1. The molecule has 9 nitrogen and oxygen atoms in total. The summed E-state index contributed by atoms with van der Waals surface area (Å²) in [7, 11) is 1.74. The van der Waals surface area contributed by atoms with Crippen LogP contribution in [-0.4, -0.2) is 63.7 Å². The number of aliphatic imine (C=N–C) groups is 1. The first kappa shape index (κ1) is 26.1. The lowest BCUT2D eigenvalue weighted by Gasteiger charge is -2.28. The van der Waals surface area contributed by atoms with E-state index in [9.17, 15) is 9.59 Å². The Labute approximate surface area is 236 Å². The van der Waals surface area contributed by atoms with Crippen LogP contribution >= 0.6 is 11.8 Å². The van der Waals surface area contributed by atoms with Crippen molar-refractivity contribution in [3.05, 3.63) is 92.6 Å². The molecule has 10 heteroatoms. The van der Waals surface area contributed by atoms with E-state index in [1.165, 1.54) is 11.8 Å². The molecule has 0 radical (unpaired) electrons. The zero-order valence-electron chi connectivity index (χ0n) is 22.9. The van der Waals surface area contributed by atoms with E-state index in [-0.39, 0.29) is 11.5 Å². The standard InChI is InChI=1S/C30H30N6O3S/c1-19-17-22(20(2)35(19)36-21(3)31-26-8-6-5-7-25(26)28(36)37)18-27-29(38)33(4)30(40-27)32-23-9-11-24(12-10-23)34-13-15-39-16-14-34/h5-12,17-18H,13-16H2,1-4H3. The largest absolute Gasteiger partial charge is 0.378 e. The number of benzene rings is 2. The van der Waals surface area contributed by atoms with Gasteiger partial charge in [0.25, 0.3) is 11.5 Å². The molecule has 0 N–H and O–H groups in total. The number of carbonyl (C=O) groups is 1. The minimum Gasteiger partial charge on any atom is -0.378 e. The molecule has 0 spiro atoms. The van der Waals surface area contributed by atoms with Crippen LogP contribution in [0.4, 0.5) is 11.4 Å². The molecule has 1 amide bonds. The van der Waals surface area contributed by atoms with Gasteiger partial charge in [0.15, 0.2) is 5.17 Å². The average molecular weight is 555 g/mol. The Morgan fingerprint density at radius 3 is 2.45 bits per heavy atom. The van der Waals surface area contributed by atoms with Gasteiger partial charge in [-0.3, -0.25) is 19.2 Å². The summed E-state index contributed by atoms with van der Waals surface area (Å²) in [5, 5.41) is 1.18. The van der Waals surface area contributed by atoms with Crippen LogP contribution in [-0.2, 0) is 9.53 Å². The summed E-state index contributed by atoms with van der Waals surface area (Å²) in [5.74, 6) is 0.476. The van der Waals surface area contributed by atoms with Gasteiger partial charge in [-0.1, -0.05) is 12.1 Å². The summed E-state index contributed by atoms with van der Waals surface area (Å²) < 4.78 is 8.90. The fraction of sp³-hybridized carbons (Fsp3) is 0.267. The highest BCUT2D eigenvalue weighted by Crippen LogP contribution is 2.34. The lowest BCUT2D eigenvalue weighted by Crippen LogP contribution is -2.36. The van der Waals surface area contributed by atoms with Gasteiger partial charge in [-0.15, -0.1) is 0 Å². The Kier molecular flexibility index (Phi) is 6.81. The molecule has 2 aromatic heterocycles. The second-order valence-electron chi connectivity index (χ2n) is 9.92. The molecular formula is C30H30N6O3S. The predicted molar refractivity (Wildman–Crippen MR) is 160 cm³/mol. The third-order valence-corrected chi connectivity index (χ3v) is 8.35. The van der Waals surface area contributed by atoms with E-state index in [0.29, 0.717) is 26.8 Å². The summed E-state index contributed by atoms with van der Waals surface area (Å²) in [4.78, 5) is 40.4. The molecule has 2 aromatic carbocycles. The topological polar surface area (TPSA) is 85.0 Å². The average Bonchev–Trinajstić information content (AvgIpc) is 3.38. The maximum absolute atomic E-state index is 13.4. The van der Waals surface area contributed by atoms with Crippen molar-refractivity contribution in [3.63, 3.8) is 0 Å². The maximum Gasteiger partial charge on any atom is 0.280 e. The van der Waals surface area contributed by atoms with Gasteiger partial charge in [0.05, 0.1) is 34.7 Å². The van der Waals surface area contributed by atoms with Crippen molar-refractivity contribution in [1.29, 1.82) is 0 Å². The van der Waals surface area contributed by atoms with Crippen LogP contribution in [0, 0.1) is 20.8 Å². The number of amides is 1. The van der Waals surface area contributed by atoms with Crippen LogP contribution in [0.25, 0.3) is 17.0 Å². The molecule has 2 saturated heterocycles. The van der Waals surface area contributed by atoms with Gasteiger partial charge in [0, 0.05) is 37.2 Å². The van der Waals surface area contributed by atoms with E-state index in [1.807, 2.05) is 67.9 Å². The first-order valence-electron chi connectivity index (χ1n) is 13.2. The second-order valence-corrected chi connectivity index (χ2v) is 10.9. The molecule has 0 unspecified atom stereocenters. The number of ether oxygens (including phenoxy) is 1. The number of aromatic nitrogens is 3. The Balaban J connectivity index is 1.30. The van der Waals surface area contributed by atoms with Crippen LogP contribution < -0.4 is 10.5 Å². The molecule has 204 valence electrons. The lowest BCUT2D eigenvalue weighted by molar-refractivity contribution is -0.121. The summed E-state index contributed by atoms with van der Waals surface area (Å²) in [5.41, 5.74) is 5.03. The van der Waals surface area contributed by atoms with E-state index in [4.69, 9.17) is 9.73 Å². The van der Waals surface area contributed by atoms with Gasteiger partial charge in [0.2, 0.25) is 0 Å². The van der Waals surface area contributed by atoms with Gasteiger partial charge in [-0.05, 0) is 86.6 Å². The smallest absolute Gasteiger partial charge is 0.280 e. The molecule has 4 heterocycles. The van der Waals surface area contributed by atoms with Gasteiger partial charge in [0.1, 0.15) is 5.82 Å². The monoisotopic (exact) mass is 554 g/mol. The van der Waals surface area contributed by atoms with Crippen molar-refractivity contribution in [3.8, 4) is 0 Å². The van der Waals surface area contributed by atoms with E-state index in [2.05, 4.69) is 22.0 Å². The summed E-state index contributed by atoms with van der Waals surface area (Å²) in [6.45, 7) is 8.94. The minimum atomic E-state index is -0.135. The molecule has 4 aromatic rings. The van der Waals surface area contributed by atoms with Crippen molar-refractivity contribution in [1.82, 2.24) is 19.2 Å². The zero-order valence-corrected chi connectivity index (χ0v) is 23.7. The van der Waals surface area contributed by atoms with E-state index < -0.39 is 0 Å². The quantitative estimate of drug-likeness (QED) is 0.345. The third-order valence-electron chi connectivity index (χ3n) is 7.29. The number of thioether (sulfide) groups is 1. The van der Waals surface area contributed by atoms with Crippen LogP contribution in [0.1, 0.15) is 22.8 Å². The Morgan fingerprint density at radius 1 is 0.975 bits per heavy atom. The number of nitrogens with zero attached hydrogens (tertiary/aromatic N) is 6. The molecular weight excluding hydrogens is 524 g/mol. The van der Waals surface area contributed by atoms with Crippen molar-refractivity contribution >= 4 is 51.2 Å². The number of likely N-dealkylation sites (N-methyl/N-ethyl adjacent to an activating group) is 1. The summed E-state index contributed by atoms with van der Waals surface area (Å²) in [6.07, 6.45) is 1.88. The van der Waals surface area contributed by atoms with Crippen LogP contribution in [0.15, 0.2) is 69.3 Å². The number of hydrogen-bond acceptors (Lipinski definition) is 7. The number of hydrogen-bond donors (Lipinski definition) is 0. The molecule has 2 aliphatic rings. The predicted octanol–water partition coefficient (Wildman–Crippen LogP) is 4.51. The van der Waals surface area contributed by atoms with Crippen LogP contribution in [0.3, 0.4) is 0 Å². The van der Waals surface area contributed by atoms with Gasteiger partial charge >= 0.3 is 0 Å². The number of aryl methyl sites for hydroxylation is 2. The van der Waals surface area contributed by atoms with Crippen LogP contribution in [0.5, 0.6) is 0 Å². The Hall–Kier alpha value is -4.15. The van der Waals surface area contributed by atoms with Crippen LogP contribution in [0.2, 0.25) is 0 Å². The summed E-state index contributed by atoms with van der Waals surface area (Å²) in [6, 6.07) is 17.4. The Morgan fingerprint density at radius 2 is 1.70 bits per heavy atom. The SMILES string of the molecule is Cc1cc(C=C2SC(=Nc3ccc(N4CCOCC4)cc3)N(C)C2=O)c(C)n1-n1c(C)nc2ccccc2c1=O. The van der Waals surface area contributed by atoms with Crippen molar-refractivity contribution in [2.75, 3.05) is 38.3 Å². The number of amidine groups is 1. The normalized spacial score (nSPS) is 18.1. The fourth-order valence-corrected chi connectivity index (χ4v) is 6.14. The molecule has 2 aliphatic heterocycles. The highest BCUT2D eigenvalue weighted by Gasteiger charge is 2.31. The first-order valence-corrected chi connectivity index (χ1v) is 14.0. The molecule has 0 saturated carbocycles. The fourth-order valence-electron chi connectivity index (χ4n) is 5.16. The molecule has 6 rings (SSSR count). The number of fused-ring (bicyclic) bond motifs is 1. The summed E-state index contributed by atoms with van der Waals surface area (Å²) >= 11 is 1.35. The van der Waals surface area contributed by atoms with Crippen molar-refractivity contribution in [2.45, 2.75) is 20.8 Å². The van der Waals surface area contributed by atoms with E-state index in [1.54, 1.807) is 22.7 Å². The number of carbonyl (C=O) groups excluding carboxylic acids is 1. The van der Waals surface area contributed by atoms with E-state index >= 15 is 0 Å². The second kappa shape index (κ2) is 10.4. The maximum atomic E-state index is 13.4. The van der Waals surface area contributed by atoms with Gasteiger partial charge in [-0.2, -0.15) is 4.68 Å². The highest BCUT2D eigenvalue weighted by atomic mass is 32.2. The minimum absolute atomic E-state index is 0.112. The number of rotatable bonds is 4. The lowest BCUT2D eigenvalue weighted by atomic mass is 10.2. The van der Waals surface area contributed by atoms with Crippen molar-refractivity contribution in [2.24, 2.45) is 4.99 Å². The molecule has 0 atom stereocenters. The molecule has 2 fully saturated rings. The third kappa shape index (κ3) is 4.63. The van der Waals surface area contributed by atoms with Gasteiger partial charge < -0.3 is 9.64 Å². The Bertz CT molecular complexity index is 1750. The molecule has 0 aliphatic carbocycles. The van der Waals surface area contributed by atoms with E-state index in [0.717, 1.165) is 54.6 Å². The zero-order chi connectivity index (χ0) is 28.0. The molecule has 0 bridgehead atoms. The molecule has 40 heavy (non-hydrogen) atoms. The number of para-hydroxylation sites is 1. The van der Waals surface area contributed by atoms with Crippen molar-refractivity contribution < 1.29 is 9.53 Å². The first-order chi connectivity index (χ1) is 19.3. The van der Waals surface area contributed by atoms with Gasteiger partial charge in [-0.25, -0.2) is 9.98 Å². The highest BCUT2D eigenvalue weighted by molar-refractivity contribution is 8.18. The number of morpholine rings is 1.